The lowest BCUT2D eigenvalue weighted by molar-refractivity contribution is -0.151. The molecule has 0 aromatic carbocycles. The summed E-state index contributed by atoms with van der Waals surface area (Å²) in [6.45, 7) is 2.77. The predicted octanol–water partition coefficient (Wildman–Crippen LogP) is -1.57. The number of amides is 2. The van der Waals surface area contributed by atoms with Crippen molar-refractivity contribution in [2.75, 3.05) is 5.75 Å². The molecule has 0 bridgehead atoms. The average Bonchev–Trinajstić information content (AvgIpc) is 3.10. The number of esters is 1. The van der Waals surface area contributed by atoms with Crippen LogP contribution in [0.2, 0.25) is 0 Å². The Kier molecular flexibility index (Phi) is 5.12. The lowest BCUT2D eigenvalue weighted by Gasteiger charge is -2.49. The number of aromatic amines is 1. The molecule has 1 saturated heterocycles. The quantitative estimate of drug-likeness (QED) is 0.377. The summed E-state index contributed by atoms with van der Waals surface area (Å²) in [6, 6.07) is -0.852. The van der Waals surface area contributed by atoms with Gasteiger partial charge in [-0.1, -0.05) is 5.21 Å². The van der Waals surface area contributed by atoms with Crippen LogP contribution in [0.4, 0.5) is 0 Å². The summed E-state index contributed by atoms with van der Waals surface area (Å²) in [5.41, 5.74) is 0.130. The summed E-state index contributed by atoms with van der Waals surface area (Å²) < 4.78 is 5.06. The standard InChI is InChI=1S/C14H16N6O6S/c1-5(26-6(2)21)7-4-27-13-10(12(23)20(13)11(7)14(24)25)15-9(22)3-8-16-18-19-17-8/h5,10,13H,3-4H2,1-2H3,(H,15,22)(H,24,25)(H,16,17,18,19)/t5?,10?,13-/m1/s1. The number of carboxylic acid groups (broad SMARTS) is 1. The molecule has 144 valence electrons. The highest BCUT2D eigenvalue weighted by molar-refractivity contribution is 8.00. The van der Waals surface area contributed by atoms with Crippen molar-refractivity contribution >= 4 is 35.5 Å². The maximum absolute atomic E-state index is 12.5. The van der Waals surface area contributed by atoms with Gasteiger partial charge in [0.05, 0.1) is 6.42 Å². The number of H-pyrrole nitrogens is 1. The third-order valence-electron chi connectivity index (χ3n) is 4.06. The molecule has 12 nitrogen and oxygen atoms in total. The number of carboxylic acids is 1. The number of hydrogen-bond donors (Lipinski definition) is 3. The molecule has 3 N–H and O–H groups in total. The fraction of sp³-hybridized carbons (Fsp3) is 0.500. The van der Waals surface area contributed by atoms with Gasteiger partial charge in [0.15, 0.2) is 5.82 Å². The van der Waals surface area contributed by atoms with Gasteiger partial charge in [0.25, 0.3) is 5.91 Å². The highest BCUT2D eigenvalue weighted by Crippen LogP contribution is 2.41. The van der Waals surface area contributed by atoms with Crippen molar-refractivity contribution in [3.05, 3.63) is 17.1 Å². The van der Waals surface area contributed by atoms with Crippen LogP contribution in [0.5, 0.6) is 0 Å². The number of fused-ring (bicyclic) bond motifs is 1. The van der Waals surface area contributed by atoms with E-state index in [0.29, 0.717) is 5.57 Å². The fourth-order valence-electron chi connectivity index (χ4n) is 2.90. The minimum atomic E-state index is -1.29. The summed E-state index contributed by atoms with van der Waals surface area (Å²) in [7, 11) is 0. The molecule has 0 aliphatic carbocycles. The number of nitrogens with zero attached hydrogens (tertiary/aromatic N) is 4. The van der Waals surface area contributed by atoms with Crippen LogP contribution in [0, 0.1) is 0 Å². The zero-order chi connectivity index (χ0) is 19.7. The molecule has 3 atom stereocenters. The van der Waals surface area contributed by atoms with Crippen molar-refractivity contribution in [3.63, 3.8) is 0 Å². The minimum Gasteiger partial charge on any atom is -0.477 e. The summed E-state index contributed by atoms with van der Waals surface area (Å²) in [5.74, 6) is -2.43. The second kappa shape index (κ2) is 7.34. The maximum Gasteiger partial charge on any atom is 0.352 e. The number of nitrogens with one attached hydrogen (secondary N) is 2. The lowest BCUT2D eigenvalue weighted by atomic mass is 10.0. The number of carbonyl (C=O) groups excluding carboxylic acids is 3. The number of β-lactam (4-membered cyclic amide) rings is 1. The highest BCUT2D eigenvalue weighted by atomic mass is 32.2. The van der Waals surface area contributed by atoms with Crippen LogP contribution in [-0.4, -0.2) is 77.7 Å². The van der Waals surface area contributed by atoms with E-state index in [4.69, 9.17) is 4.74 Å². The van der Waals surface area contributed by atoms with Crippen molar-refractivity contribution < 1.29 is 29.0 Å². The Morgan fingerprint density at radius 3 is 2.81 bits per heavy atom. The van der Waals surface area contributed by atoms with Crippen molar-refractivity contribution in [1.29, 1.82) is 0 Å². The number of ether oxygens (including phenoxy) is 1. The van der Waals surface area contributed by atoms with Gasteiger partial charge in [-0.3, -0.25) is 19.3 Å². The molecule has 2 aliphatic rings. The zero-order valence-electron chi connectivity index (χ0n) is 14.3. The smallest absolute Gasteiger partial charge is 0.352 e. The van der Waals surface area contributed by atoms with Crippen LogP contribution in [-0.2, 0) is 30.3 Å². The molecule has 3 heterocycles. The van der Waals surface area contributed by atoms with Crippen LogP contribution in [0.3, 0.4) is 0 Å². The van der Waals surface area contributed by atoms with Crippen LogP contribution in [0.1, 0.15) is 19.7 Å². The first-order valence-corrected chi connectivity index (χ1v) is 8.94. The van der Waals surface area contributed by atoms with E-state index in [2.05, 4.69) is 25.9 Å². The number of carbonyl (C=O) groups is 4. The molecule has 0 spiro atoms. The Balaban J connectivity index is 1.74. The Bertz CT molecular complexity index is 824. The van der Waals surface area contributed by atoms with Gasteiger partial charge < -0.3 is 15.2 Å². The number of hydrogen-bond acceptors (Lipinski definition) is 9. The van der Waals surface area contributed by atoms with Gasteiger partial charge in [-0.2, -0.15) is 5.21 Å². The van der Waals surface area contributed by atoms with Gasteiger partial charge in [0.1, 0.15) is 23.2 Å². The number of aromatic nitrogens is 4. The zero-order valence-corrected chi connectivity index (χ0v) is 15.1. The van der Waals surface area contributed by atoms with Crippen molar-refractivity contribution in [3.8, 4) is 0 Å². The van der Waals surface area contributed by atoms with E-state index in [1.165, 1.54) is 18.7 Å². The molecule has 2 amide bonds. The average molecular weight is 396 g/mol. The SMILES string of the molecule is CC(=O)OC(C)C1=C(C(=O)O)N2C(=O)C(NC(=O)Cc3nn[nH]n3)[C@H]2SC1. The summed E-state index contributed by atoms with van der Waals surface area (Å²) in [5, 5.41) is 24.5. The third-order valence-corrected chi connectivity index (χ3v) is 5.36. The Hall–Kier alpha value is -2.96. The number of thioether (sulfide) groups is 1. The minimum absolute atomic E-state index is 0.159. The fourth-order valence-corrected chi connectivity index (χ4v) is 4.36. The normalized spacial score (nSPS) is 22.6. The molecule has 2 aliphatic heterocycles. The first kappa shape index (κ1) is 18.8. The second-order valence-electron chi connectivity index (χ2n) is 5.89. The van der Waals surface area contributed by atoms with Gasteiger partial charge in [-0.05, 0) is 6.92 Å². The molecule has 1 fully saturated rings. The van der Waals surface area contributed by atoms with E-state index >= 15 is 0 Å². The summed E-state index contributed by atoms with van der Waals surface area (Å²) in [4.78, 5) is 48.5. The molecule has 0 radical (unpaired) electrons. The van der Waals surface area contributed by atoms with Crippen molar-refractivity contribution in [2.45, 2.75) is 37.8 Å². The maximum atomic E-state index is 12.5. The van der Waals surface area contributed by atoms with E-state index in [1.807, 2.05) is 0 Å². The Labute approximate surface area is 156 Å². The lowest BCUT2D eigenvalue weighted by Crippen LogP contribution is -2.70. The predicted molar refractivity (Wildman–Crippen MR) is 88.8 cm³/mol. The molecular formula is C14H16N6O6S. The van der Waals surface area contributed by atoms with Gasteiger partial charge in [0, 0.05) is 18.2 Å². The van der Waals surface area contributed by atoms with E-state index in [0.717, 1.165) is 4.90 Å². The second-order valence-corrected chi connectivity index (χ2v) is 7.00. The molecule has 1 aromatic rings. The third kappa shape index (κ3) is 3.63. The first-order valence-electron chi connectivity index (χ1n) is 7.89. The first-order chi connectivity index (χ1) is 12.8. The monoisotopic (exact) mass is 396 g/mol. The highest BCUT2D eigenvalue weighted by Gasteiger charge is 2.54. The number of aliphatic carboxylic acids is 1. The topological polar surface area (TPSA) is 167 Å². The molecule has 13 heteroatoms. The van der Waals surface area contributed by atoms with Crippen LogP contribution >= 0.6 is 11.8 Å². The van der Waals surface area contributed by atoms with Crippen LogP contribution in [0.15, 0.2) is 11.3 Å². The molecular weight excluding hydrogens is 380 g/mol. The van der Waals surface area contributed by atoms with E-state index in [1.54, 1.807) is 6.92 Å². The molecule has 0 saturated carbocycles. The van der Waals surface area contributed by atoms with Gasteiger partial charge in [-0.15, -0.1) is 22.0 Å². The number of tetrazole rings is 1. The molecule has 3 rings (SSSR count). The van der Waals surface area contributed by atoms with Crippen LogP contribution in [0.25, 0.3) is 0 Å². The summed E-state index contributed by atoms with van der Waals surface area (Å²) >= 11 is 1.29. The summed E-state index contributed by atoms with van der Waals surface area (Å²) in [6.07, 6.45) is -0.935. The van der Waals surface area contributed by atoms with E-state index in [9.17, 15) is 24.3 Å². The molecule has 2 unspecified atom stereocenters. The van der Waals surface area contributed by atoms with E-state index in [-0.39, 0.29) is 23.7 Å². The van der Waals surface area contributed by atoms with Gasteiger partial charge >= 0.3 is 11.9 Å². The van der Waals surface area contributed by atoms with E-state index < -0.39 is 41.3 Å². The van der Waals surface area contributed by atoms with Crippen molar-refractivity contribution in [2.24, 2.45) is 0 Å². The van der Waals surface area contributed by atoms with Gasteiger partial charge in [0.2, 0.25) is 5.91 Å². The van der Waals surface area contributed by atoms with Gasteiger partial charge in [-0.25, -0.2) is 4.79 Å². The Morgan fingerprint density at radius 1 is 1.48 bits per heavy atom. The Morgan fingerprint density at radius 2 is 2.22 bits per heavy atom. The van der Waals surface area contributed by atoms with Crippen LogP contribution < -0.4 is 5.32 Å². The molecule has 27 heavy (non-hydrogen) atoms. The number of rotatable bonds is 6. The van der Waals surface area contributed by atoms with Crippen molar-refractivity contribution in [1.82, 2.24) is 30.8 Å². The molecule has 1 aromatic heterocycles. The largest absolute Gasteiger partial charge is 0.477 e.